The van der Waals surface area contributed by atoms with Crippen LogP contribution in [0.25, 0.3) is 0 Å². The van der Waals surface area contributed by atoms with Gasteiger partial charge in [0.1, 0.15) is 5.82 Å². The fourth-order valence-corrected chi connectivity index (χ4v) is 0.588. The van der Waals surface area contributed by atoms with E-state index < -0.39 is 0 Å². The predicted octanol–water partition coefficient (Wildman–Crippen LogP) is 0.104. The van der Waals surface area contributed by atoms with Gasteiger partial charge in [0, 0.05) is 6.20 Å². The third-order valence-corrected chi connectivity index (χ3v) is 1.03. The second kappa shape index (κ2) is 3.42. The highest BCUT2D eigenvalue weighted by molar-refractivity contribution is 5.35. The van der Waals surface area contributed by atoms with E-state index in [2.05, 4.69) is 21.2 Å². The summed E-state index contributed by atoms with van der Waals surface area (Å²) in [7, 11) is 0. The standard InChI is InChI=1S/C7H8N4/c1-2-4-9-7-10-5-3-6(8)11-7/h1,3,5H,4H2,(H3,8,9,10,11). The number of terminal acetylenes is 1. The van der Waals surface area contributed by atoms with Crippen molar-refractivity contribution in [3.05, 3.63) is 12.3 Å². The Balaban J connectivity index is 2.65. The molecule has 1 heterocycles. The predicted molar refractivity (Wildman–Crippen MR) is 43.8 cm³/mol. The van der Waals surface area contributed by atoms with E-state index in [9.17, 15) is 0 Å². The summed E-state index contributed by atoms with van der Waals surface area (Å²) in [5.74, 6) is 3.29. The Hall–Kier alpha value is -1.76. The molecule has 4 nitrogen and oxygen atoms in total. The van der Waals surface area contributed by atoms with E-state index in [1.54, 1.807) is 12.3 Å². The largest absolute Gasteiger partial charge is 0.384 e. The maximum absolute atomic E-state index is 5.39. The van der Waals surface area contributed by atoms with Gasteiger partial charge in [-0.15, -0.1) is 6.42 Å². The molecule has 0 fully saturated rings. The topological polar surface area (TPSA) is 63.8 Å². The second-order valence-electron chi connectivity index (χ2n) is 1.86. The van der Waals surface area contributed by atoms with Crippen LogP contribution in [0.2, 0.25) is 0 Å². The van der Waals surface area contributed by atoms with Crippen molar-refractivity contribution in [1.29, 1.82) is 0 Å². The molecule has 0 saturated heterocycles. The maximum atomic E-state index is 5.39. The van der Waals surface area contributed by atoms with E-state index in [4.69, 9.17) is 12.2 Å². The molecule has 0 aromatic carbocycles. The van der Waals surface area contributed by atoms with Gasteiger partial charge < -0.3 is 11.1 Å². The molecule has 0 aliphatic heterocycles. The van der Waals surface area contributed by atoms with Crippen molar-refractivity contribution < 1.29 is 0 Å². The van der Waals surface area contributed by atoms with Crippen LogP contribution in [0, 0.1) is 12.3 Å². The number of nitrogens with zero attached hydrogens (tertiary/aromatic N) is 2. The van der Waals surface area contributed by atoms with Gasteiger partial charge in [-0.05, 0) is 6.07 Å². The summed E-state index contributed by atoms with van der Waals surface area (Å²) in [6.07, 6.45) is 6.59. The number of anilines is 2. The van der Waals surface area contributed by atoms with E-state index in [-0.39, 0.29) is 0 Å². The molecule has 0 spiro atoms. The van der Waals surface area contributed by atoms with Gasteiger partial charge in [0.05, 0.1) is 6.54 Å². The zero-order chi connectivity index (χ0) is 8.10. The van der Waals surface area contributed by atoms with Gasteiger partial charge in [-0.1, -0.05) is 5.92 Å². The summed E-state index contributed by atoms with van der Waals surface area (Å²) in [6, 6.07) is 1.61. The van der Waals surface area contributed by atoms with Crippen LogP contribution in [-0.2, 0) is 0 Å². The first-order valence-electron chi connectivity index (χ1n) is 3.09. The lowest BCUT2D eigenvalue weighted by Crippen LogP contribution is -2.04. The van der Waals surface area contributed by atoms with Crippen LogP contribution in [-0.4, -0.2) is 16.5 Å². The second-order valence-corrected chi connectivity index (χ2v) is 1.86. The molecule has 0 atom stereocenters. The summed E-state index contributed by atoms with van der Waals surface area (Å²) in [4.78, 5) is 7.75. The molecular formula is C7H8N4. The van der Waals surface area contributed by atoms with Gasteiger partial charge in [-0.2, -0.15) is 4.98 Å². The van der Waals surface area contributed by atoms with Crippen molar-refractivity contribution in [2.24, 2.45) is 0 Å². The Morgan fingerprint density at radius 1 is 1.73 bits per heavy atom. The molecule has 0 bridgehead atoms. The first-order chi connectivity index (χ1) is 5.33. The third kappa shape index (κ3) is 2.14. The number of nitrogen functional groups attached to an aromatic ring is 1. The summed E-state index contributed by atoms with van der Waals surface area (Å²) in [5.41, 5.74) is 5.39. The highest BCUT2D eigenvalue weighted by Crippen LogP contribution is 1.99. The minimum absolute atomic E-state index is 0.406. The molecule has 0 aliphatic rings. The van der Waals surface area contributed by atoms with E-state index in [1.165, 1.54) is 0 Å². The number of hydrogen-bond acceptors (Lipinski definition) is 4. The van der Waals surface area contributed by atoms with Crippen molar-refractivity contribution in [3.63, 3.8) is 0 Å². The molecule has 1 rings (SSSR count). The highest BCUT2D eigenvalue weighted by Gasteiger charge is 1.91. The molecule has 11 heavy (non-hydrogen) atoms. The monoisotopic (exact) mass is 148 g/mol. The van der Waals surface area contributed by atoms with E-state index >= 15 is 0 Å². The summed E-state index contributed by atoms with van der Waals surface area (Å²) in [5, 5.41) is 2.80. The van der Waals surface area contributed by atoms with Crippen molar-refractivity contribution in [2.75, 3.05) is 17.6 Å². The molecule has 4 heteroatoms. The summed E-state index contributed by atoms with van der Waals surface area (Å²) in [6.45, 7) is 0.406. The number of nitrogens with one attached hydrogen (secondary N) is 1. The lowest BCUT2D eigenvalue weighted by molar-refractivity contribution is 1.14. The summed E-state index contributed by atoms with van der Waals surface area (Å²) >= 11 is 0. The van der Waals surface area contributed by atoms with Crippen molar-refractivity contribution in [1.82, 2.24) is 9.97 Å². The van der Waals surface area contributed by atoms with E-state index in [0.717, 1.165) is 0 Å². The smallest absolute Gasteiger partial charge is 0.225 e. The zero-order valence-electron chi connectivity index (χ0n) is 5.91. The molecule has 1 aromatic heterocycles. The minimum atomic E-state index is 0.406. The van der Waals surface area contributed by atoms with Gasteiger partial charge in [0.2, 0.25) is 5.95 Å². The average molecular weight is 148 g/mol. The van der Waals surface area contributed by atoms with Crippen molar-refractivity contribution >= 4 is 11.8 Å². The average Bonchev–Trinajstić information content (AvgIpc) is 2.01. The molecule has 3 N–H and O–H groups in total. The van der Waals surface area contributed by atoms with Crippen LogP contribution < -0.4 is 11.1 Å². The Morgan fingerprint density at radius 3 is 3.18 bits per heavy atom. The first kappa shape index (κ1) is 7.35. The lowest BCUT2D eigenvalue weighted by atomic mass is 10.6. The molecule has 0 aliphatic carbocycles. The van der Waals surface area contributed by atoms with Gasteiger partial charge >= 0.3 is 0 Å². The first-order valence-corrected chi connectivity index (χ1v) is 3.09. The number of aromatic nitrogens is 2. The zero-order valence-corrected chi connectivity index (χ0v) is 5.91. The van der Waals surface area contributed by atoms with Gasteiger partial charge in [-0.25, -0.2) is 4.98 Å². The Bertz CT molecular complexity index is 276. The molecule has 0 unspecified atom stereocenters. The Kier molecular flexibility index (Phi) is 2.28. The molecule has 0 amide bonds. The molecule has 56 valence electrons. The normalized spacial score (nSPS) is 8.64. The van der Waals surface area contributed by atoms with Gasteiger partial charge in [-0.3, -0.25) is 0 Å². The van der Waals surface area contributed by atoms with Crippen LogP contribution in [0.4, 0.5) is 11.8 Å². The maximum Gasteiger partial charge on any atom is 0.225 e. The van der Waals surface area contributed by atoms with Gasteiger partial charge in [0.15, 0.2) is 0 Å². The minimum Gasteiger partial charge on any atom is -0.384 e. The molecule has 0 radical (unpaired) electrons. The van der Waals surface area contributed by atoms with E-state index in [0.29, 0.717) is 18.3 Å². The number of rotatable bonds is 2. The van der Waals surface area contributed by atoms with Crippen LogP contribution in [0.15, 0.2) is 12.3 Å². The van der Waals surface area contributed by atoms with Crippen LogP contribution in [0.5, 0.6) is 0 Å². The fourth-order valence-electron chi connectivity index (χ4n) is 0.588. The fraction of sp³-hybridized carbons (Fsp3) is 0.143. The van der Waals surface area contributed by atoms with Crippen molar-refractivity contribution in [3.8, 4) is 12.3 Å². The number of hydrogen-bond donors (Lipinski definition) is 2. The van der Waals surface area contributed by atoms with Gasteiger partial charge in [0.25, 0.3) is 0 Å². The third-order valence-electron chi connectivity index (χ3n) is 1.03. The number of nitrogens with two attached hydrogens (primary N) is 1. The van der Waals surface area contributed by atoms with Crippen LogP contribution in [0.3, 0.4) is 0 Å². The SMILES string of the molecule is C#CCNc1nccc(N)n1. The quantitative estimate of drug-likeness (QED) is 0.584. The Labute approximate surface area is 64.9 Å². The lowest BCUT2D eigenvalue weighted by Gasteiger charge is -1.98. The summed E-state index contributed by atoms with van der Waals surface area (Å²) < 4.78 is 0. The molecular weight excluding hydrogens is 140 g/mol. The Morgan fingerprint density at radius 2 is 2.55 bits per heavy atom. The van der Waals surface area contributed by atoms with Crippen LogP contribution >= 0.6 is 0 Å². The molecule has 1 aromatic rings. The van der Waals surface area contributed by atoms with Crippen LogP contribution in [0.1, 0.15) is 0 Å². The van der Waals surface area contributed by atoms with E-state index in [1.807, 2.05) is 0 Å². The highest BCUT2D eigenvalue weighted by atomic mass is 15.1. The molecule has 0 saturated carbocycles. The van der Waals surface area contributed by atoms with Crippen molar-refractivity contribution in [2.45, 2.75) is 0 Å².